The van der Waals surface area contributed by atoms with Crippen LogP contribution in [0.15, 0.2) is 17.1 Å². The molecule has 13 heavy (non-hydrogen) atoms. The largest absolute Gasteiger partial charge is 0.394 e. The highest BCUT2D eigenvalue weighted by Crippen LogP contribution is 1.97. The van der Waals surface area contributed by atoms with Gasteiger partial charge in [-0.3, -0.25) is 4.79 Å². The van der Waals surface area contributed by atoms with Crippen LogP contribution in [0.3, 0.4) is 0 Å². The highest BCUT2D eigenvalue weighted by atomic mass is 16.3. The third kappa shape index (κ3) is 2.55. The predicted molar refractivity (Wildman–Crippen MR) is 49.7 cm³/mol. The van der Waals surface area contributed by atoms with Crippen LogP contribution in [0.25, 0.3) is 0 Å². The van der Waals surface area contributed by atoms with Gasteiger partial charge in [0.05, 0.1) is 25.0 Å². The van der Waals surface area contributed by atoms with Gasteiger partial charge in [-0.05, 0) is 6.92 Å². The summed E-state index contributed by atoms with van der Waals surface area (Å²) in [5, 5.41) is 15.4. The molecule has 5 heteroatoms. The first-order valence-electron chi connectivity index (χ1n) is 4.20. The lowest BCUT2D eigenvalue weighted by atomic mass is 10.4. The second-order valence-corrected chi connectivity index (χ2v) is 2.56. The zero-order valence-corrected chi connectivity index (χ0v) is 7.53. The molecule has 1 heterocycles. The molecule has 0 radical (unpaired) electrons. The van der Waals surface area contributed by atoms with Crippen LogP contribution < -0.4 is 10.9 Å². The molecule has 5 nitrogen and oxygen atoms in total. The van der Waals surface area contributed by atoms with Crippen LogP contribution in [0.1, 0.15) is 6.92 Å². The lowest BCUT2D eigenvalue weighted by Crippen LogP contribution is -2.23. The second-order valence-electron chi connectivity index (χ2n) is 2.56. The van der Waals surface area contributed by atoms with Crippen LogP contribution in [0.5, 0.6) is 0 Å². The molecule has 0 saturated carbocycles. The molecule has 0 atom stereocenters. The third-order valence-corrected chi connectivity index (χ3v) is 1.56. The molecule has 72 valence electrons. The maximum absolute atomic E-state index is 11.3. The van der Waals surface area contributed by atoms with Crippen LogP contribution in [0, 0.1) is 0 Å². The summed E-state index contributed by atoms with van der Waals surface area (Å²) < 4.78 is 1.22. The molecule has 0 aliphatic carbocycles. The van der Waals surface area contributed by atoms with Gasteiger partial charge in [0.15, 0.2) is 0 Å². The summed E-state index contributed by atoms with van der Waals surface area (Å²) in [6.45, 7) is 2.86. The van der Waals surface area contributed by atoms with Crippen molar-refractivity contribution in [1.29, 1.82) is 0 Å². The number of aliphatic hydroxyl groups excluding tert-OH is 1. The average molecular weight is 183 g/mol. The second kappa shape index (κ2) is 4.61. The smallest absolute Gasteiger partial charge is 0.268 e. The molecule has 0 amide bonds. The van der Waals surface area contributed by atoms with E-state index in [1.54, 1.807) is 6.20 Å². The van der Waals surface area contributed by atoms with Gasteiger partial charge in [-0.15, -0.1) is 0 Å². The molecule has 0 unspecified atom stereocenters. The SMILES string of the molecule is CCNc1cnn(CCO)c(=O)c1. The first kappa shape index (κ1) is 9.73. The molecule has 1 aromatic heterocycles. The minimum Gasteiger partial charge on any atom is -0.394 e. The number of hydrogen-bond donors (Lipinski definition) is 2. The van der Waals surface area contributed by atoms with Crippen molar-refractivity contribution >= 4 is 5.69 Å². The lowest BCUT2D eigenvalue weighted by molar-refractivity contribution is 0.266. The summed E-state index contributed by atoms with van der Waals surface area (Å²) in [5.74, 6) is 0. The predicted octanol–water partition coefficient (Wildman–Crippen LogP) is -0.333. The van der Waals surface area contributed by atoms with Crippen molar-refractivity contribution in [1.82, 2.24) is 9.78 Å². The molecule has 0 fully saturated rings. The Labute approximate surface area is 76.0 Å². The van der Waals surface area contributed by atoms with E-state index in [1.165, 1.54) is 10.7 Å². The summed E-state index contributed by atoms with van der Waals surface area (Å²) in [5.41, 5.74) is 0.509. The van der Waals surface area contributed by atoms with E-state index < -0.39 is 0 Å². The normalized spacial score (nSPS) is 10.0. The molecule has 0 spiro atoms. The quantitative estimate of drug-likeness (QED) is 0.670. The van der Waals surface area contributed by atoms with Crippen molar-refractivity contribution in [3.8, 4) is 0 Å². The van der Waals surface area contributed by atoms with E-state index in [9.17, 15) is 4.79 Å². The molecule has 1 rings (SSSR count). The fourth-order valence-electron chi connectivity index (χ4n) is 0.997. The number of hydrogen-bond acceptors (Lipinski definition) is 4. The van der Waals surface area contributed by atoms with Gasteiger partial charge >= 0.3 is 0 Å². The summed E-state index contributed by atoms with van der Waals surface area (Å²) in [7, 11) is 0. The van der Waals surface area contributed by atoms with Gasteiger partial charge < -0.3 is 10.4 Å². The van der Waals surface area contributed by atoms with Crippen molar-refractivity contribution in [3.63, 3.8) is 0 Å². The van der Waals surface area contributed by atoms with E-state index in [2.05, 4.69) is 10.4 Å². The minimum atomic E-state index is -0.201. The molecule has 2 N–H and O–H groups in total. The molecular weight excluding hydrogens is 170 g/mol. The number of nitrogens with zero attached hydrogens (tertiary/aromatic N) is 2. The fourth-order valence-corrected chi connectivity index (χ4v) is 0.997. The zero-order valence-electron chi connectivity index (χ0n) is 7.53. The Balaban J connectivity index is 2.85. The summed E-state index contributed by atoms with van der Waals surface area (Å²) >= 11 is 0. The van der Waals surface area contributed by atoms with Gasteiger partial charge in [-0.2, -0.15) is 5.10 Å². The van der Waals surface area contributed by atoms with Crippen LogP contribution in [0.2, 0.25) is 0 Å². The molecule has 0 aromatic carbocycles. The molecule has 0 saturated heterocycles. The van der Waals surface area contributed by atoms with Crippen molar-refractivity contribution in [2.45, 2.75) is 13.5 Å². The van der Waals surface area contributed by atoms with Gasteiger partial charge in [0.25, 0.3) is 5.56 Å². The number of anilines is 1. The highest BCUT2D eigenvalue weighted by molar-refractivity contribution is 5.38. The monoisotopic (exact) mass is 183 g/mol. The Morgan fingerprint density at radius 3 is 3.00 bits per heavy atom. The number of aliphatic hydroxyl groups is 1. The minimum absolute atomic E-state index is 0.0759. The number of nitrogens with one attached hydrogen (secondary N) is 1. The first-order valence-corrected chi connectivity index (χ1v) is 4.20. The van der Waals surface area contributed by atoms with Crippen molar-refractivity contribution < 1.29 is 5.11 Å². The fraction of sp³-hybridized carbons (Fsp3) is 0.500. The Morgan fingerprint density at radius 1 is 1.69 bits per heavy atom. The summed E-state index contributed by atoms with van der Waals surface area (Å²) in [6.07, 6.45) is 1.57. The Kier molecular flexibility index (Phi) is 3.45. The van der Waals surface area contributed by atoms with E-state index in [0.29, 0.717) is 5.69 Å². The summed E-state index contributed by atoms with van der Waals surface area (Å²) in [4.78, 5) is 11.3. The molecule has 0 aliphatic heterocycles. The molecule has 1 aromatic rings. The Bertz CT molecular complexity index is 321. The van der Waals surface area contributed by atoms with E-state index in [4.69, 9.17) is 5.11 Å². The van der Waals surface area contributed by atoms with Gasteiger partial charge in [0.2, 0.25) is 0 Å². The number of rotatable bonds is 4. The maximum atomic E-state index is 11.3. The first-order chi connectivity index (χ1) is 6.27. The molecule has 0 aliphatic rings. The Hall–Kier alpha value is -1.36. The van der Waals surface area contributed by atoms with E-state index in [0.717, 1.165) is 6.54 Å². The van der Waals surface area contributed by atoms with E-state index >= 15 is 0 Å². The summed E-state index contributed by atoms with van der Waals surface area (Å²) in [6, 6.07) is 1.46. The lowest BCUT2D eigenvalue weighted by Gasteiger charge is -2.04. The highest BCUT2D eigenvalue weighted by Gasteiger charge is 1.97. The van der Waals surface area contributed by atoms with Gasteiger partial charge in [0.1, 0.15) is 0 Å². The standard InChI is InChI=1S/C8H13N3O2/c1-2-9-7-5-8(13)11(3-4-12)10-6-7/h5-6,9,12H,2-4H2,1H3. The van der Waals surface area contributed by atoms with Crippen LogP contribution in [-0.2, 0) is 6.54 Å². The topological polar surface area (TPSA) is 67.2 Å². The van der Waals surface area contributed by atoms with E-state index in [-0.39, 0.29) is 18.7 Å². The van der Waals surface area contributed by atoms with Crippen LogP contribution >= 0.6 is 0 Å². The van der Waals surface area contributed by atoms with Gasteiger partial charge in [-0.25, -0.2) is 4.68 Å². The van der Waals surface area contributed by atoms with Crippen molar-refractivity contribution in [3.05, 3.63) is 22.6 Å². The number of aromatic nitrogens is 2. The van der Waals surface area contributed by atoms with Crippen LogP contribution in [-0.4, -0.2) is 28.0 Å². The Morgan fingerprint density at radius 2 is 2.46 bits per heavy atom. The van der Waals surface area contributed by atoms with Gasteiger partial charge in [-0.1, -0.05) is 0 Å². The van der Waals surface area contributed by atoms with Crippen molar-refractivity contribution in [2.24, 2.45) is 0 Å². The maximum Gasteiger partial charge on any atom is 0.268 e. The van der Waals surface area contributed by atoms with Crippen LogP contribution in [0.4, 0.5) is 5.69 Å². The third-order valence-electron chi connectivity index (χ3n) is 1.56. The average Bonchev–Trinajstić information content (AvgIpc) is 2.10. The van der Waals surface area contributed by atoms with E-state index in [1.807, 2.05) is 6.92 Å². The van der Waals surface area contributed by atoms with Crippen molar-refractivity contribution in [2.75, 3.05) is 18.5 Å². The molecular formula is C8H13N3O2. The molecule has 0 bridgehead atoms. The van der Waals surface area contributed by atoms with Gasteiger partial charge in [0, 0.05) is 12.6 Å². The zero-order chi connectivity index (χ0) is 9.68.